The first-order valence-corrected chi connectivity index (χ1v) is 12.1. The second-order valence-corrected chi connectivity index (χ2v) is 10.2. The van der Waals surface area contributed by atoms with E-state index in [1.807, 2.05) is 0 Å². The van der Waals surface area contributed by atoms with Crippen molar-refractivity contribution in [1.82, 2.24) is 5.32 Å². The van der Waals surface area contributed by atoms with E-state index in [0.717, 1.165) is 6.42 Å². The minimum atomic E-state index is -2.93. The summed E-state index contributed by atoms with van der Waals surface area (Å²) in [6.07, 6.45) is 0.639. The van der Waals surface area contributed by atoms with Gasteiger partial charge in [0.1, 0.15) is 28.9 Å². The molecule has 1 saturated carbocycles. The monoisotopic (exact) mass is 512 g/mol. The number of likely N-dealkylation sites (N-methyl/N-ethyl adjacent to an activating group) is 1. The van der Waals surface area contributed by atoms with Crippen molar-refractivity contribution >= 4 is 23.4 Å². The fourth-order valence-corrected chi connectivity index (χ4v) is 6.35. The van der Waals surface area contributed by atoms with Gasteiger partial charge >= 0.3 is 5.97 Å². The Bertz CT molecular complexity index is 1310. The Balaban J connectivity index is 1.79. The number of aliphatic hydroxyl groups is 3. The van der Waals surface area contributed by atoms with E-state index in [2.05, 4.69) is 5.32 Å². The van der Waals surface area contributed by atoms with Crippen LogP contribution in [0.4, 0.5) is 0 Å². The van der Waals surface area contributed by atoms with Crippen molar-refractivity contribution < 1.29 is 44.3 Å². The third-order valence-electron chi connectivity index (χ3n) is 8.45. The number of primary amides is 1. The lowest BCUT2D eigenvalue weighted by Crippen LogP contribution is -2.69. The SMILES string of the molecule is CN[C@@H]1C(O)=C(C(N)=O)C(=O)[C@@]2(O)C(O)=C3C(=O)c4c(O)cccc4[C@H](C)[C@H]3[C@H](OC(=O)C3CCC3)[C@@H]12. The van der Waals surface area contributed by atoms with E-state index in [-0.39, 0.29) is 11.3 Å². The fraction of sp³-hybridized carbons (Fsp3) is 0.462. The van der Waals surface area contributed by atoms with E-state index in [4.69, 9.17) is 10.5 Å². The zero-order valence-corrected chi connectivity index (χ0v) is 20.2. The molecule has 1 aromatic rings. The van der Waals surface area contributed by atoms with E-state index in [1.54, 1.807) is 19.1 Å². The zero-order valence-electron chi connectivity index (χ0n) is 20.2. The lowest BCUT2D eigenvalue weighted by atomic mass is 9.55. The molecule has 1 aromatic carbocycles. The highest BCUT2D eigenvalue weighted by Gasteiger charge is 2.68. The van der Waals surface area contributed by atoms with Crippen LogP contribution in [0.25, 0.3) is 0 Å². The van der Waals surface area contributed by atoms with Gasteiger partial charge in [-0.25, -0.2) is 0 Å². The molecule has 11 nitrogen and oxygen atoms in total. The van der Waals surface area contributed by atoms with Crippen LogP contribution in [0.15, 0.2) is 40.9 Å². The molecule has 0 heterocycles. The maximum absolute atomic E-state index is 13.7. The number of phenols is 1. The Hall–Kier alpha value is -3.70. The van der Waals surface area contributed by atoms with Crippen LogP contribution < -0.4 is 11.1 Å². The number of carbonyl (C=O) groups is 4. The van der Waals surface area contributed by atoms with Crippen molar-refractivity contribution in [3.05, 3.63) is 52.0 Å². The summed E-state index contributed by atoms with van der Waals surface area (Å²) in [6, 6.07) is 3.13. The van der Waals surface area contributed by atoms with E-state index in [1.165, 1.54) is 13.1 Å². The second kappa shape index (κ2) is 8.42. The average molecular weight is 513 g/mol. The van der Waals surface area contributed by atoms with E-state index < -0.39 is 87.5 Å². The topological polar surface area (TPSA) is 196 Å². The summed E-state index contributed by atoms with van der Waals surface area (Å²) in [6.45, 7) is 1.71. The number of aromatic hydroxyl groups is 1. The molecule has 196 valence electrons. The number of ether oxygens (including phenoxy) is 1. The number of ketones is 2. The number of hydrogen-bond donors (Lipinski definition) is 6. The quantitative estimate of drug-likeness (QED) is 0.246. The van der Waals surface area contributed by atoms with Crippen molar-refractivity contribution in [3.63, 3.8) is 0 Å². The summed E-state index contributed by atoms with van der Waals surface area (Å²) in [7, 11) is 1.39. The Labute approximate surface area is 211 Å². The number of aliphatic hydroxyl groups excluding tert-OH is 2. The summed E-state index contributed by atoms with van der Waals surface area (Å²) < 4.78 is 5.94. The molecule has 4 aliphatic carbocycles. The van der Waals surface area contributed by atoms with Crippen LogP contribution in [-0.2, 0) is 19.1 Å². The molecule has 0 aromatic heterocycles. The maximum atomic E-state index is 13.7. The molecule has 0 saturated heterocycles. The number of Topliss-reactive ketones (excluding diaryl/α,β-unsaturated/α-hetero) is 2. The van der Waals surface area contributed by atoms with Crippen molar-refractivity contribution in [2.24, 2.45) is 23.5 Å². The number of rotatable bonds is 4. The third-order valence-corrected chi connectivity index (χ3v) is 8.45. The standard InChI is InChI=1S/C26H28N2O9/c1-9-11-7-4-8-12(29)14(11)19(30)15-13(9)21(37-25(35)10-5-3-6-10)17-18(28-2)20(31)16(24(27)34)23(33)26(17,36)22(15)32/h4,7-10,13,17-18,21,28-29,31-32,36H,3,5-6H2,1-2H3,(H2,27,34)/t9-,13+,17+,18-,21-,26-/m0/s1. The maximum Gasteiger partial charge on any atom is 0.309 e. The van der Waals surface area contributed by atoms with Gasteiger partial charge in [0.15, 0.2) is 11.4 Å². The zero-order chi connectivity index (χ0) is 27.0. The Morgan fingerprint density at radius 2 is 1.84 bits per heavy atom. The summed E-state index contributed by atoms with van der Waals surface area (Å²) in [5, 5.41) is 47.4. The molecule has 5 rings (SSSR count). The minimum Gasteiger partial charge on any atom is -0.510 e. The molecule has 0 unspecified atom stereocenters. The van der Waals surface area contributed by atoms with Crippen molar-refractivity contribution in [2.75, 3.05) is 7.05 Å². The lowest BCUT2D eigenvalue weighted by molar-refractivity contribution is -0.182. The van der Waals surface area contributed by atoms with E-state index in [0.29, 0.717) is 18.4 Å². The molecule has 1 fully saturated rings. The molecule has 37 heavy (non-hydrogen) atoms. The van der Waals surface area contributed by atoms with Gasteiger partial charge in [0.25, 0.3) is 5.91 Å². The first-order valence-electron chi connectivity index (χ1n) is 12.1. The summed E-state index contributed by atoms with van der Waals surface area (Å²) in [4.78, 5) is 52.4. The molecule has 4 aliphatic rings. The first-order chi connectivity index (χ1) is 17.5. The van der Waals surface area contributed by atoms with Gasteiger partial charge in [0.05, 0.1) is 23.4 Å². The van der Waals surface area contributed by atoms with Crippen LogP contribution in [0.1, 0.15) is 48.0 Å². The highest BCUT2D eigenvalue weighted by molar-refractivity contribution is 6.25. The van der Waals surface area contributed by atoms with Crippen molar-refractivity contribution in [2.45, 2.75) is 49.9 Å². The van der Waals surface area contributed by atoms with Crippen LogP contribution in [0.5, 0.6) is 5.75 Å². The highest BCUT2D eigenvalue weighted by Crippen LogP contribution is 2.56. The van der Waals surface area contributed by atoms with E-state index >= 15 is 0 Å². The van der Waals surface area contributed by atoms with Gasteiger partial charge in [0.2, 0.25) is 5.78 Å². The predicted molar refractivity (Wildman–Crippen MR) is 126 cm³/mol. The van der Waals surface area contributed by atoms with Gasteiger partial charge in [-0.3, -0.25) is 19.2 Å². The molecule has 11 heteroatoms. The number of benzene rings is 1. The predicted octanol–water partition coefficient (Wildman–Crippen LogP) is 0.661. The number of nitrogens with one attached hydrogen (secondary N) is 1. The second-order valence-electron chi connectivity index (χ2n) is 10.2. The number of esters is 1. The first kappa shape index (κ1) is 25.0. The lowest BCUT2D eigenvalue weighted by Gasteiger charge is -2.53. The number of phenolic OH excluding ortho intramolecular Hbond substituents is 1. The van der Waals surface area contributed by atoms with Crippen LogP contribution in [0.3, 0.4) is 0 Å². The normalized spacial score (nSPS) is 33.3. The van der Waals surface area contributed by atoms with Gasteiger partial charge in [-0.05, 0) is 37.4 Å². The number of fused-ring (bicyclic) bond motifs is 3. The van der Waals surface area contributed by atoms with Gasteiger partial charge in [0, 0.05) is 11.5 Å². The molecule has 0 bridgehead atoms. The van der Waals surface area contributed by atoms with Crippen LogP contribution in [-0.4, -0.2) is 68.7 Å². The number of nitrogens with two attached hydrogens (primary N) is 1. The molecule has 7 N–H and O–H groups in total. The van der Waals surface area contributed by atoms with Gasteiger partial charge in [-0.1, -0.05) is 25.5 Å². The van der Waals surface area contributed by atoms with Gasteiger partial charge in [-0.2, -0.15) is 0 Å². The van der Waals surface area contributed by atoms with Crippen LogP contribution in [0, 0.1) is 17.8 Å². The largest absolute Gasteiger partial charge is 0.510 e. The van der Waals surface area contributed by atoms with Crippen LogP contribution in [0.2, 0.25) is 0 Å². The Morgan fingerprint density at radius 3 is 2.41 bits per heavy atom. The highest BCUT2D eigenvalue weighted by atomic mass is 16.5. The summed E-state index contributed by atoms with van der Waals surface area (Å²) >= 11 is 0. The molecule has 1 amide bonds. The molecular formula is C26H28N2O9. The Kier molecular flexibility index (Phi) is 5.68. The average Bonchev–Trinajstić information content (AvgIpc) is 2.79. The number of hydrogen-bond acceptors (Lipinski definition) is 10. The van der Waals surface area contributed by atoms with Gasteiger partial charge in [-0.15, -0.1) is 0 Å². The summed E-state index contributed by atoms with van der Waals surface area (Å²) in [5.41, 5.74) is 1.39. The number of amides is 1. The molecule has 0 radical (unpaired) electrons. The minimum absolute atomic E-state index is 0.110. The Morgan fingerprint density at radius 1 is 1.16 bits per heavy atom. The third kappa shape index (κ3) is 3.20. The van der Waals surface area contributed by atoms with Gasteiger partial charge < -0.3 is 36.2 Å². The smallest absolute Gasteiger partial charge is 0.309 e. The van der Waals surface area contributed by atoms with Crippen molar-refractivity contribution in [1.29, 1.82) is 0 Å². The van der Waals surface area contributed by atoms with Crippen LogP contribution >= 0.6 is 0 Å². The van der Waals surface area contributed by atoms with E-state index in [9.17, 15) is 39.6 Å². The molecule has 0 spiro atoms. The molecular weight excluding hydrogens is 484 g/mol. The summed E-state index contributed by atoms with van der Waals surface area (Å²) in [5.74, 6) is -9.92. The molecule has 0 aliphatic heterocycles. The fourth-order valence-electron chi connectivity index (χ4n) is 6.35. The van der Waals surface area contributed by atoms with Crippen molar-refractivity contribution in [3.8, 4) is 5.75 Å². The number of carbonyl (C=O) groups excluding carboxylic acids is 4. The molecule has 6 atom stereocenters.